The van der Waals surface area contributed by atoms with Gasteiger partial charge in [-0.3, -0.25) is 4.79 Å². The third-order valence-electron chi connectivity index (χ3n) is 7.52. The number of aliphatic hydroxyl groups excluding tert-OH is 2. The van der Waals surface area contributed by atoms with Crippen LogP contribution in [0.4, 0.5) is 0 Å². The molecule has 0 aliphatic heterocycles. The number of benzene rings is 3. The van der Waals surface area contributed by atoms with Crippen LogP contribution in [0.25, 0.3) is 11.1 Å². The number of ether oxygens (including phenoxy) is 1. The van der Waals surface area contributed by atoms with E-state index in [9.17, 15) is 18.3 Å². The van der Waals surface area contributed by atoms with Gasteiger partial charge in [0.05, 0.1) is 23.5 Å². The van der Waals surface area contributed by atoms with E-state index in [1.54, 1.807) is 12.1 Å². The molecule has 1 aliphatic rings. The van der Waals surface area contributed by atoms with Crippen LogP contribution in [0, 0.1) is 0 Å². The number of amides is 1. The molecular weight excluding hydrogens is 552 g/mol. The van der Waals surface area contributed by atoms with Gasteiger partial charge in [0.15, 0.2) is 0 Å². The fourth-order valence-electron chi connectivity index (χ4n) is 5.16. The Hall–Kier alpha value is -3.24. The van der Waals surface area contributed by atoms with Crippen LogP contribution in [-0.4, -0.2) is 56.1 Å². The Morgan fingerprint density at radius 3 is 2.36 bits per heavy atom. The van der Waals surface area contributed by atoms with Gasteiger partial charge in [0.25, 0.3) is 5.91 Å². The van der Waals surface area contributed by atoms with Gasteiger partial charge in [-0.1, -0.05) is 67.1 Å². The van der Waals surface area contributed by atoms with Crippen LogP contribution < -0.4 is 14.8 Å². The van der Waals surface area contributed by atoms with Crippen molar-refractivity contribution in [2.75, 3.05) is 25.4 Å². The van der Waals surface area contributed by atoms with E-state index in [1.807, 2.05) is 48.5 Å². The second-order valence-corrected chi connectivity index (χ2v) is 12.7. The summed E-state index contributed by atoms with van der Waals surface area (Å²) in [7, 11) is -3.87. The van der Waals surface area contributed by atoms with Crippen LogP contribution in [0.2, 0.25) is 0 Å². The highest BCUT2D eigenvalue weighted by atomic mass is 32.2. The van der Waals surface area contributed by atoms with Gasteiger partial charge in [0.2, 0.25) is 10.0 Å². The number of aryl methyl sites for hydroxylation is 1. The molecule has 4 N–H and O–H groups in total. The van der Waals surface area contributed by atoms with Gasteiger partial charge in [-0.15, -0.1) is 0 Å². The van der Waals surface area contributed by atoms with Crippen LogP contribution in [0.15, 0.2) is 72.8 Å². The number of nitrogens with one attached hydrogen (secondary N) is 2. The molecule has 0 aromatic heterocycles. The first-order valence-electron chi connectivity index (χ1n) is 14.8. The molecule has 1 fully saturated rings. The Bertz CT molecular complexity index is 1370. The third kappa shape index (κ3) is 9.66. The molecule has 0 heterocycles. The van der Waals surface area contributed by atoms with E-state index in [-0.39, 0.29) is 30.4 Å². The van der Waals surface area contributed by atoms with E-state index in [4.69, 9.17) is 9.84 Å². The van der Waals surface area contributed by atoms with E-state index >= 15 is 0 Å². The minimum Gasteiger partial charge on any atom is -0.490 e. The lowest BCUT2D eigenvalue weighted by molar-refractivity contribution is 0.0969. The van der Waals surface area contributed by atoms with Crippen LogP contribution in [0.5, 0.6) is 5.75 Å². The summed E-state index contributed by atoms with van der Waals surface area (Å²) in [5, 5.41) is 22.6. The van der Waals surface area contributed by atoms with Crippen molar-refractivity contribution in [2.45, 2.75) is 63.6 Å². The number of hydrogen-bond donors (Lipinski definition) is 4. The largest absolute Gasteiger partial charge is 0.490 e. The summed E-state index contributed by atoms with van der Waals surface area (Å²) in [5.41, 5.74) is 4.14. The van der Waals surface area contributed by atoms with Crippen LogP contribution in [-0.2, 0) is 16.4 Å². The van der Waals surface area contributed by atoms with Crippen LogP contribution in [0.3, 0.4) is 0 Å². The minimum absolute atomic E-state index is 0.0173. The Morgan fingerprint density at radius 1 is 0.929 bits per heavy atom. The maximum Gasteiger partial charge on any atom is 0.268 e. The molecule has 4 rings (SSSR count). The summed E-state index contributed by atoms with van der Waals surface area (Å²) in [5.74, 6) is -0.683. The first-order valence-corrected chi connectivity index (χ1v) is 16.5. The number of aliphatic hydroxyl groups is 2. The maximum atomic E-state index is 13.0. The molecule has 1 aliphatic carbocycles. The van der Waals surface area contributed by atoms with E-state index in [1.165, 1.54) is 5.56 Å². The second-order valence-electron chi connectivity index (χ2n) is 10.8. The highest BCUT2D eigenvalue weighted by Gasteiger charge is 2.23. The Balaban J connectivity index is 1.38. The summed E-state index contributed by atoms with van der Waals surface area (Å²) in [6.45, 7) is 1.04. The lowest BCUT2D eigenvalue weighted by Crippen LogP contribution is -2.33. The van der Waals surface area contributed by atoms with E-state index < -0.39 is 22.0 Å². The summed E-state index contributed by atoms with van der Waals surface area (Å²) < 4.78 is 33.0. The van der Waals surface area contributed by atoms with Crippen LogP contribution in [0.1, 0.15) is 72.5 Å². The second kappa shape index (κ2) is 15.8. The van der Waals surface area contributed by atoms with Crippen molar-refractivity contribution >= 4 is 15.9 Å². The number of rotatable bonds is 15. The molecule has 0 saturated heterocycles. The molecule has 8 nitrogen and oxygen atoms in total. The van der Waals surface area contributed by atoms with Crippen molar-refractivity contribution in [3.63, 3.8) is 0 Å². The topological polar surface area (TPSA) is 125 Å². The predicted molar refractivity (Wildman–Crippen MR) is 165 cm³/mol. The Morgan fingerprint density at radius 2 is 1.64 bits per heavy atom. The lowest BCUT2D eigenvalue weighted by Gasteiger charge is -2.24. The molecule has 42 heavy (non-hydrogen) atoms. The normalized spacial score (nSPS) is 14.8. The standard InChI is InChI=1S/C33H42N2O6S/c36-21-8-22-42(39,40)35-33(38)30-19-18-28(23-32(30)41-29-12-5-2-6-13-29)26-16-14-25(15-17-26)9-7-20-34-24-31(37)27-10-3-1-4-11-27/h1,3-4,10-11,14-19,23,29,31,34,36-37H,2,5-9,12-13,20-22,24H2,(H,35,38)/t31-/m0/s1. The molecule has 0 radical (unpaired) electrons. The molecule has 9 heteroatoms. The quantitative estimate of drug-likeness (QED) is 0.187. The number of carbonyl (C=O) groups excluding carboxylic acids is 1. The van der Waals surface area contributed by atoms with Crippen LogP contribution >= 0.6 is 0 Å². The highest BCUT2D eigenvalue weighted by Crippen LogP contribution is 2.31. The summed E-state index contributed by atoms with van der Waals surface area (Å²) >= 11 is 0. The zero-order valence-electron chi connectivity index (χ0n) is 24.0. The van der Waals surface area contributed by atoms with E-state index in [0.29, 0.717) is 12.3 Å². The van der Waals surface area contributed by atoms with Gasteiger partial charge in [0.1, 0.15) is 5.75 Å². The molecule has 3 aromatic carbocycles. The van der Waals surface area contributed by atoms with Gasteiger partial charge in [-0.25, -0.2) is 13.1 Å². The van der Waals surface area contributed by atoms with Crippen molar-refractivity contribution in [3.8, 4) is 16.9 Å². The van der Waals surface area contributed by atoms with Gasteiger partial charge in [-0.05, 0) is 85.9 Å². The summed E-state index contributed by atoms with van der Waals surface area (Å²) in [6, 6.07) is 23.1. The third-order valence-corrected chi connectivity index (χ3v) is 8.84. The molecule has 1 saturated carbocycles. The first-order chi connectivity index (χ1) is 20.3. The van der Waals surface area contributed by atoms with Gasteiger partial charge in [0, 0.05) is 13.2 Å². The van der Waals surface area contributed by atoms with Gasteiger partial charge in [-0.2, -0.15) is 0 Å². The molecule has 0 unspecified atom stereocenters. The zero-order valence-corrected chi connectivity index (χ0v) is 24.8. The molecule has 0 spiro atoms. The molecule has 1 amide bonds. The van der Waals surface area contributed by atoms with E-state index in [0.717, 1.165) is 68.2 Å². The summed E-state index contributed by atoms with van der Waals surface area (Å²) in [6.07, 6.45) is 6.43. The minimum atomic E-state index is -3.87. The fraction of sp³-hybridized carbons (Fsp3) is 0.424. The average Bonchev–Trinajstić information content (AvgIpc) is 3.01. The Labute approximate surface area is 249 Å². The lowest BCUT2D eigenvalue weighted by atomic mass is 9.97. The average molecular weight is 595 g/mol. The molecular formula is C33H42N2O6S. The van der Waals surface area contributed by atoms with Crippen molar-refractivity contribution < 1.29 is 28.2 Å². The van der Waals surface area contributed by atoms with Crippen molar-refractivity contribution in [3.05, 3.63) is 89.5 Å². The van der Waals surface area contributed by atoms with E-state index in [2.05, 4.69) is 22.2 Å². The zero-order chi connectivity index (χ0) is 29.8. The highest BCUT2D eigenvalue weighted by molar-refractivity contribution is 7.90. The number of sulfonamides is 1. The molecule has 1 atom stereocenters. The fourth-order valence-corrected chi connectivity index (χ4v) is 6.17. The first kappa shape index (κ1) is 31.7. The smallest absolute Gasteiger partial charge is 0.268 e. The predicted octanol–water partition coefficient (Wildman–Crippen LogP) is 4.76. The maximum absolute atomic E-state index is 13.0. The number of carbonyl (C=O) groups is 1. The monoisotopic (exact) mass is 594 g/mol. The van der Waals surface area contributed by atoms with Crippen molar-refractivity contribution in [1.82, 2.24) is 10.0 Å². The van der Waals surface area contributed by atoms with Crippen molar-refractivity contribution in [2.24, 2.45) is 0 Å². The molecule has 3 aromatic rings. The Kier molecular flexibility index (Phi) is 12.0. The molecule has 226 valence electrons. The number of hydrogen-bond acceptors (Lipinski definition) is 7. The summed E-state index contributed by atoms with van der Waals surface area (Å²) in [4.78, 5) is 13.0. The van der Waals surface area contributed by atoms with Crippen molar-refractivity contribution in [1.29, 1.82) is 0 Å². The van der Waals surface area contributed by atoms with Gasteiger partial charge < -0.3 is 20.3 Å². The SMILES string of the molecule is O=C(NS(=O)(=O)CCCO)c1ccc(-c2ccc(CCCNC[C@H](O)c3ccccc3)cc2)cc1OC1CCCCC1. The van der Waals surface area contributed by atoms with Gasteiger partial charge >= 0.3 is 0 Å². The molecule has 0 bridgehead atoms.